The summed E-state index contributed by atoms with van der Waals surface area (Å²) in [6.45, 7) is 2.24. The van der Waals surface area contributed by atoms with Crippen molar-refractivity contribution in [3.8, 4) is 0 Å². The average Bonchev–Trinajstić information content (AvgIpc) is 2.96. The molecule has 0 nitrogen and oxygen atoms in total. The number of fused-ring (bicyclic) bond motifs is 1. The van der Waals surface area contributed by atoms with Crippen molar-refractivity contribution < 1.29 is 0 Å². The Kier molecular flexibility index (Phi) is 4.77. The number of hydrogen-bond acceptors (Lipinski definition) is 1. The van der Waals surface area contributed by atoms with Crippen LogP contribution in [0.5, 0.6) is 0 Å². The molecule has 0 saturated carbocycles. The van der Waals surface area contributed by atoms with Gasteiger partial charge in [0.15, 0.2) is 0 Å². The Morgan fingerprint density at radius 1 is 1.05 bits per heavy atom. The van der Waals surface area contributed by atoms with E-state index in [2.05, 4.69) is 77.5 Å². The molecule has 0 radical (unpaired) electrons. The minimum atomic E-state index is 0.287. The molecule has 2 heteroatoms. The van der Waals surface area contributed by atoms with Crippen molar-refractivity contribution >= 4 is 37.4 Å². The predicted octanol–water partition coefficient (Wildman–Crippen LogP) is 6.73. The monoisotopic (exact) mass is 358 g/mol. The van der Waals surface area contributed by atoms with Crippen molar-refractivity contribution in [1.82, 2.24) is 0 Å². The van der Waals surface area contributed by atoms with Crippen LogP contribution in [0.1, 0.15) is 40.6 Å². The smallest absolute Gasteiger partial charge is 0.0738 e. The second kappa shape index (κ2) is 6.76. The van der Waals surface area contributed by atoms with Gasteiger partial charge in [0.2, 0.25) is 0 Å². The fraction of sp³-hybridized carbons (Fsp3) is 0.263. The largest absolute Gasteiger partial charge is 0.139 e. The van der Waals surface area contributed by atoms with Crippen molar-refractivity contribution in [2.45, 2.75) is 31.0 Å². The summed E-state index contributed by atoms with van der Waals surface area (Å²) in [5, 5.41) is 1.33. The summed E-state index contributed by atoms with van der Waals surface area (Å²) < 4.78 is 1.36. The van der Waals surface area contributed by atoms with Gasteiger partial charge in [-0.2, -0.15) is 0 Å². The first-order chi connectivity index (χ1) is 10.3. The molecule has 2 aromatic carbocycles. The molecule has 0 amide bonds. The molecule has 3 aromatic rings. The Labute approximate surface area is 139 Å². The van der Waals surface area contributed by atoms with Gasteiger partial charge < -0.3 is 0 Å². The van der Waals surface area contributed by atoms with Crippen LogP contribution in [-0.4, -0.2) is 0 Å². The number of unbranched alkanes of at least 4 members (excludes halogenated alkanes) is 1. The first-order valence-corrected chi connectivity index (χ1v) is 9.22. The van der Waals surface area contributed by atoms with Gasteiger partial charge in [-0.3, -0.25) is 0 Å². The maximum absolute atomic E-state index is 3.86. The molecule has 3 rings (SSSR count). The third kappa shape index (κ3) is 3.38. The topological polar surface area (TPSA) is 0 Å². The van der Waals surface area contributed by atoms with Crippen molar-refractivity contribution in [2.24, 2.45) is 0 Å². The summed E-state index contributed by atoms with van der Waals surface area (Å²) in [5.41, 5.74) is 2.78. The van der Waals surface area contributed by atoms with Crippen LogP contribution in [0.2, 0.25) is 0 Å². The third-order valence-electron chi connectivity index (χ3n) is 3.79. The Morgan fingerprint density at radius 3 is 2.52 bits per heavy atom. The normalized spacial score (nSPS) is 12.7. The van der Waals surface area contributed by atoms with E-state index in [1.54, 1.807) is 0 Å². The fourth-order valence-corrected chi connectivity index (χ4v) is 4.31. The van der Waals surface area contributed by atoms with E-state index in [-0.39, 0.29) is 4.83 Å². The zero-order chi connectivity index (χ0) is 14.7. The highest BCUT2D eigenvalue weighted by Gasteiger charge is 2.13. The lowest BCUT2D eigenvalue weighted by Gasteiger charge is -2.09. The van der Waals surface area contributed by atoms with Crippen molar-refractivity contribution in [1.29, 1.82) is 0 Å². The number of thiophene rings is 1. The third-order valence-corrected chi connectivity index (χ3v) is 6.29. The van der Waals surface area contributed by atoms with E-state index in [4.69, 9.17) is 0 Å². The molecule has 0 aliphatic carbocycles. The van der Waals surface area contributed by atoms with E-state index in [0.717, 1.165) is 0 Å². The summed E-state index contributed by atoms with van der Waals surface area (Å²) in [4.78, 5) is 1.66. The van der Waals surface area contributed by atoms with Gasteiger partial charge in [-0.25, -0.2) is 0 Å². The average molecular weight is 359 g/mol. The summed E-state index contributed by atoms with van der Waals surface area (Å²) in [6, 6.07) is 19.9. The van der Waals surface area contributed by atoms with Crippen LogP contribution in [0.15, 0.2) is 54.6 Å². The zero-order valence-electron chi connectivity index (χ0n) is 12.2. The number of halogens is 1. The molecule has 1 atom stereocenters. The second-order valence-corrected chi connectivity index (χ2v) is 7.43. The van der Waals surface area contributed by atoms with E-state index in [1.165, 1.54) is 45.4 Å². The summed E-state index contributed by atoms with van der Waals surface area (Å²) in [6.07, 6.45) is 3.71. The molecule has 21 heavy (non-hydrogen) atoms. The van der Waals surface area contributed by atoms with Crippen LogP contribution in [0.25, 0.3) is 10.1 Å². The van der Waals surface area contributed by atoms with Crippen molar-refractivity contribution in [2.75, 3.05) is 0 Å². The molecule has 0 spiro atoms. The molecular formula is C19H19BrS. The van der Waals surface area contributed by atoms with Gasteiger partial charge in [-0.15, -0.1) is 11.3 Å². The molecule has 0 saturated heterocycles. The summed E-state index contributed by atoms with van der Waals surface area (Å²) >= 11 is 5.73. The van der Waals surface area contributed by atoms with E-state index in [9.17, 15) is 0 Å². The molecule has 0 aliphatic rings. The minimum absolute atomic E-state index is 0.287. The minimum Gasteiger partial charge on any atom is -0.139 e. The van der Waals surface area contributed by atoms with Crippen molar-refractivity contribution in [3.05, 3.63) is 70.6 Å². The standard InChI is InChI=1S/C19H19BrS/c1-2-3-6-14-9-11-15(12-10-14)19(20)18-13-16-7-4-5-8-17(16)21-18/h4-5,7-13,19H,2-3,6H2,1H3. The molecule has 0 aliphatic heterocycles. The SMILES string of the molecule is CCCCc1ccc(C(Br)c2cc3ccccc3s2)cc1. The second-order valence-electron chi connectivity index (χ2n) is 5.39. The van der Waals surface area contributed by atoms with Crippen LogP contribution in [-0.2, 0) is 6.42 Å². The zero-order valence-corrected chi connectivity index (χ0v) is 14.6. The van der Waals surface area contributed by atoms with E-state index in [0.29, 0.717) is 0 Å². The van der Waals surface area contributed by atoms with Gasteiger partial charge in [0.1, 0.15) is 0 Å². The Balaban J connectivity index is 1.82. The van der Waals surface area contributed by atoms with E-state index >= 15 is 0 Å². The quantitative estimate of drug-likeness (QED) is 0.443. The van der Waals surface area contributed by atoms with E-state index < -0.39 is 0 Å². The molecule has 1 unspecified atom stereocenters. The lowest BCUT2D eigenvalue weighted by molar-refractivity contribution is 0.795. The van der Waals surface area contributed by atoms with Gasteiger partial charge in [0, 0.05) is 9.58 Å². The Morgan fingerprint density at radius 2 is 1.81 bits per heavy atom. The number of hydrogen-bond donors (Lipinski definition) is 0. The predicted molar refractivity (Wildman–Crippen MR) is 97.6 cm³/mol. The summed E-state index contributed by atoms with van der Waals surface area (Å²) in [7, 11) is 0. The van der Waals surface area contributed by atoms with Crippen LogP contribution in [0.4, 0.5) is 0 Å². The fourth-order valence-electron chi connectivity index (χ4n) is 2.53. The van der Waals surface area contributed by atoms with Gasteiger partial charge in [-0.05, 0) is 41.5 Å². The molecule has 0 N–H and O–H groups in total. The maximum atomic E-state index is 3.86. The Bertz CT molecular complexity index is 679. The lowest BCUT2D eigenvalue weighted by atomic mass is 10.0. The first-order valence-electron chi connectivity index (χ1n) is 7.49. The summed E-state index contributed by atoms with van der Waals surface area (Å²) in [5.74, 6) is 0. The maximum Gasteiger partial charge on any atom is 0.0738 e. The molecule has 0 bridgehead atoms. The number of alkyl halides is 1. The van der Waals surface area contributed by atoms with Crippen LogP contribution < -0.4 is 0 Å². The number of rotatable bonds is 5. The van der Waals surface area contributed by atoms with Crippen molar-refractivity contribution in [3.63, 3.8) is 0 Å². The van der Waals surface area contributed by atoms with Crippen LogP contribution in [0.3, 0.4) is 0 Å². The Hall–Kier alpha value is -1.12. The van der Waals surface area contributed by atoms with E-state index in [1.807, 2.05) is 11.3 Å². The molecule has 108 valence electrons. The highest BCUT2D eigenvalue weighted by molar-refractivity contribution is 9.09. The lowest BCUT2D eigenvalue weighted by Crippen LogP contribution is -1.91. The molecule has 0 fully saturated rings. The molecule has 1 heterocycles. The van der Waals surface area contributed by atoms with Gasteiger partial charge in [0.05, 0.1) is 4.83 Å². The number of benzene rings is 2. The molecule has 1 aromatic heterocycles. The van der Waals surface area contributed by atoms with Crippen LogP contribution in [0, 0.1) is 0 Å². The molecular weight excluding hydrogens is 340 g/mol. The highest BCUT2D eigenvalue weighted by Crippen LogP contribution is 2.38. The number of aryl methyl sites for hydroxylation is 1. The van der Waals surface area contributed by atoms with Gasteiger partial charge in [0.25, 0.3) is 0 Å². The van der Waals surface area contributed by atoms with Gasteiger partial charge >= 0.3 is 0 Å². The highest BCUT2D eigenvalue weighted by atomic mass is 79.9. The van der Waals surface area contributed by atoms with Crippen LogP contribution >= 0.6 is 27.3 Å². The first kappa shape index (κ1) is 14.8. The van der Waals surface area contributed by atoms with Gasteiger partial charge in [-0.1, -0.05) is 71.7 Å².